The number of carboxylic acids is 1. The molecule has 0 bridgehead atoms. The highest BCUT2D eigenvalue weighted by atomic mass is 16.4. The molecule has 2 amide bonds. The van der Waals surface area contributed by atoms with Crippen LogP contribution in [0.15, 0.2) is 0 Å². The van der Waals surface area contributed by atoms with E-state index in [0.717, 1.165) is 0 Å². The molecule has 1 unspecified atom stereocenters. The van der Waals surface area contributed by atoms with Gasteiger partial charge in [-0.25, -0.2) is 4.79 Å². The molecule has 110 valence electrons. The monoisotopic (exact) mass is 273 g/mol. The molecule has 1 saturated heterocycles. The highest BCUT2D eigenvalue weighted by molar-refractivity contribution is 5.75. The smallest absolute Gasteiger partial charge is 0.320 e. The minimum atomic E-state index is -0.838. The average molecular weight is 273 g/mol. The number of piperazine rings is 1. The standard InChI is InChI=1S/C12H23N3O4/c1-3-13(8-9-16)12(19)15-6-4-14(5-7-15)10(2)11(17)18/h10,16H,3-9H2,1-2H3,(H,17,18). The maximum atomic E-state index is 12.1. The summed E-state index contributed by atoms with van der Waals surface area (Å²) in [7, 11) is 0. The van der Waals surface area contributed by atoms with Gasteiger partial charge in [-0.15, -0.1) is 0 Å². The first-order valence-electron chi connectivity index (χ1n) is 6.62. The van der Waals surface area contributed by atoms with Crippen LogP contribution in [0.25, 0.3) is 0 Å². The first-order valence-corrected chi connectivity index (χ1v) is 6.62. The number of carbonyl (C=O) groups excluding carboxylic acids is 1. The van der Waals surface area contributed by atoms with Gasteiger partial charge < -0.3 is 20.0 Å². The maximum absolute atomic E-state index is 12.1. The fourth-order valence-corrected chi connectivity index (χ4v) is 2.17. The minimum Gasteiger partial charge on any atom is -0.480 e. The summed E-state index contributed by atoms with van der Waals surface area (Å²) in [4.78, 5) is 28.2. The van der Waals surface area contributed by atoms with Crippen molar-refractivity contribution in [1.29, 1.82) is 0 Å². The van der Waals surface area contributed by atoms with Crippen LogP contribution in [0.4, 0.5) is 4.79 Å². The van der Waals surface area contributed by atoms with Gasteiger partial charge in [-0.05, 0) is 13.8 Å². The molecule has 0 aliphatic carbocycles. The van der Waals surface area contributed by atoms with Crippen LogP contribution in [0, 0.1) is 0 Å². The van der Waals surface area contributed by atoms with E-state index >= 15 is 0 Å². The van der Waals surface area contributed by atoms with Crippen LogP contribution in [0.5, 0.6) is 0 Å². The lowest BCUT2D eigenvalue weighted by molar-refractivity contribution is -0.143. The molecular weight excluding hydrogens is 250 g/mol. The Morgan fingerprint density at radius 3 is 2.26 bits per heavy atom. The van der Waals surface area contributed by atoms with Gasteiger partial charge in [-0.1, -0.05) is 0 Å². The van der Waals surface area contributed by atoms with Gasteiger partial charge in [0.05, 0.1) is 6.61 Å². The van der Waals surface area contributed by atoms with Crippen molar-refractivity contribution in [3.63, 3.8) is 0 Å². The molecule has 0 aromatic carbocycles. The van der Waals surface area contributed by atoms with Crippen molar-refractivity contribution in [2.45, 2.75) is 19.9 Å². The molecule has 0 spiro atoms. The van der Waals surface area contributed by atoms with Crippen LogP contribution in [0.3, 0.4) is 0 Å². The molecule has 7 nitrogen and oxygen atoms in total. The lowest BCUT2D eigenvalue weighted by Crippen LogP contribution is -2.56. The number of hydrogen-bond acceptors (Lipinski definition) is 4. The van der Waals surface area contributed by atoms with E-state index in [-0.39, 0.29) is 12.6 Å². The molecule has 0 saturated carbocycles. The number of aliphatic hydroxyl groups is 1. The zero-order valence-electron chi connectivity index (χ0n) is 11.6. The fourth-order valence-electron chi connectivity index (χ4n) is 2.17. The largest absolute Gasteiger partial charge is 0.480 e. The van der Waals surface area contributed by atoms with Crippen molar-refractivity contribution < 1.29 is 19.8 Å². The number of aliphatic hydroxyl groups excluding tert-OH is 1. The van der Waals surface area contributed by atoms with Gasteiger partial charge in [0.2, 0.25) is 0 Å². The van der Waals surface area contributed by atoms with E-state index in [4.69, 9.17) is 10.2 Å². The number of aliphatic carboxylic acids is 1. The van der Waals surface area contributed by atoms with E-state index in [1.54, 1.807) is 16.7 Å². The van der Waals surface area contributed by atoms with Gasteiger partial charge in [-0.2, -0.15) is 0 Å². The zero-order valence-corrected chi connectivity index (χ0v) is 11.6. The Kier molecular flexibility index (Phi) is 6.04. The minimum absolute atomic E-state index is 0.0460. The Morgan fingerprint density at radius 1 is 1.26 bits per heavy atom. The van der Waals surface area contributed by atoms with Crippen LogP contribution in [0.1, 0.15) is 13.8 Å². The van der Waals surface area contributed by atoms with Crippen molar-refractivity contribution in [3.05, 3.63) is 0 Å². The van der Waals surface area contributed by atoms with Gasteiger partial charge in [0, 0.05) is 39.3 Å². The third-order valence-corrected chi connectivity index (χ3v) is 3.51. The SMILES string of the molecule is CCN(CCO)C(=O)N1CCN(C(C)C(=O)O)CC1. The van der Waals surface area contributed by atoms with Gasteiger partial charge >= 0.3 is 12.0 Å². The van der Waals surface area contributed by atoms with E-state index in [1.165, 1.54) is 0 Å². The average Bonchev–Trinajstić information content (AvgIpc) is 2.43. The molecule has 0 aromatic heterocycles. The van der Waals surface area contributed by atoms with E-state index < -0.39 is 12.0 Å². The van der Waals surface area contributed by atoms with Crippen molar-refractivity contribution in [1.82, 2.24) is 14.7 Å². The van der Waals surface area contributed by atoms with Crippen molar-refractivity contribution in [2.75, 3.05) is 45.9 Å². The summed E-state index contributed by atoms with van der Waals surface area (Å²) in [5, 5.41) is 17.9. The van der Waals surface area contributed by atoms with E-state index in [9.17, 15) is 9.59 Å². The molecule has 7 heteroatoms. The quantitative estimate of drug-likeness (QED) is 0.706. The molecule has 1 aliphatic rings. The molecule has 2 N–H and O–H groups in total. The topological polar surface area (TPSA) is 84.3 Å². The maximum Gasteiger partial charge on any atom is 0.320 e. The number of urea groups is 1. The van der Waals surface area contributed by atoms with Gasteiger partial charge in [0.15, 0.2) is 0 Å². The number of carbonyl (C=O) groups is 2. The molecule has 1 rings (SSSR count). The number of hydrogen-bond donors (Lipinski definition) is 2. The van der Waals surface area contributed by atoms with E-state index in [0.29, 0.717) is 39.3 Å². The Hall–Kier alpha value is -1.34. The molecular formula is C12H23N3O4. The number of amides is 2. The first-order chi connectivity index (χ1) is 9.01. The van der Waals surface area contributed by atoms with Crippen molar-refractivity contribution in [2.24, 2.45) is 0 Å². The summed E-state index contributed by atoms with van der Waals surface area (Å²) in [6.07, 6.45) is 0. The second-order valence-corrected chi connectivity index (χ2v) is 4.62. The Bertz CT molecular complexity index is 316. The lowest BCUT2D eigenvalue weighted by atomic mass is 10.2. The van der Waals surface area contributed by atoms with E-state index in [1.807, 2.05) is 11.8 Å². The van der Waals surface area contributed by atoms with Gasteiger partial charge in [0.1, 0.15) is 6.04 Å². The van der Waals surface area contributed by atoms with E-state index in [2.05, 4.69) is 0 Å². The summed E-state index contributed by atoms with van der Waals surface area (Å²) in [6.45, 7) is 6.56. The Balaban J connectivity index is 2.49. The van der Waals surface area contributed by atoms with Crippen LogP contribution < -0.4 is 0 Å². The third-order valence-electron chi connectivity index (χ3n) is 3.51. The molecule has 0 radical (unpaired) electrons. The van der Waals surface area contributed by atoms with Gasteiger partial charge in [-0.3, -0.25) is 9.69 Å². The highest BCUT2D eigenvalue weighted by Crippen LogP contribution is 2.09. The third kappa shape index (κ3) is 4.07. The predicted molar refractivity (Wildman–Crippen MR) is 70.0 cm³/mol. The van der Waals surface area contributed by atoms with Crippen molar-refractivity contribution >= 4 is 12.0 Å². The van der Waals surface area contributed by atoms with Crippen molar-refractivity contribution in [3.8, 4) is 0 Å². The second kappa shape index (κ2) is 7.30. The number of carboxylic acid groups (broad SMARTS) is 1. The van der Waals surface area contributed by atoms with Crippen LogP contribution in [-0.2, 0) is 4.79 Å². The second-order valence-electron chi connectivity index (χ2n) is 4.62. The summed E-state index contributed by atoms with van der Waals surface area (Å²) >= 11 is 0. The summed E-state index contributed by atoms with van der Waals surface area (Å²) < 4.78 is 0. The predicted octanol–water partition coefficient (Wildman–Crippen LogP) is -0.489. The zero-order chi connectivity index (χ0) is 14.4. The molecule has 0 aromatic rings. The number of rotatable bonds is 5. The lowest BCUT2D eigenvalue weighted by Gasteiger charge is -2.38. The van der Waals surface area contributed by atoms with Crippen LogP contribution in [-0.4, -0.2) is 88.8 Å². The highest BCUT2D eigenvalue weighted by Gasteiger charge is 2.28. The molecule has 1 atom stereocenters. The summed E-state index contributed by atoms with van der Waals surface area (Å²) in [5.74, 6) is -0.838. The Morgan fingerprint density at radius 2 is 1.84 bits per heavy atom. The Labute approximate surface area is 113 Å². The molecule has 1 fully saturated rings. The molecule has 19 heavy (non-hydrogen) atoms. The number of likely N-dealkylation sites (N-methyl/N-ethyl adjacent to an activating group) is 1. The number of nitrogens with zero attached hydrogens (tertiary/aromatic N) is 3. The summed E-state index contributed by atoms with van der Waals surface area (Å²) in [6, 6.07) is -0.601. The summed E-state index contributed by atoms with van der Waals surface area (Å²) in [5.41, 5.74) is 0. The van der Waals surface area contributed by atoms with Crippen LogP contribution in [0.2, 0.25) is 0 Å². The van der Waals surface area contributed by atoms with Crippen LogP contribution >= 0.6 is 0 Å². The molecule has 1 heterocycles. The van der Waals surface area contributed by atoms with Gasteiger partial charge in [0.25, 0.3) is 0 Å². The molecule has 1 aliphatic heterocycles. The normalized spacial score (nSPS) is 18.2. The first kappa shape index (κ1) is 15.7. The fraction of sp³-hybridized carbons (Fsp3) is 0.833.